The van der Waals surface area contributed by atoms with Crippen molar-refractivity contribution in [2.75, 3.05) is 47.1 Å². The standard InChI is InChI=1S/C25H27N7O4/c1-30-7-9-31(10-8-30)23(24-27-28-29-32(24)14-16-3-5-18(34-2)6-4-16)19-11-17-12-21-22(36-15-35-21)13-20(17)26-25(19)33/h3-6,11-13,23H,7-10,14-15H2,1-2H3,(H,26,33)/t23-/m1/s1. The third-order valence-corrected chi connectivity index (χ3v) is 6.86. The quantitative estimate of drug-likeness (QED) is 0.432. The van der Waals surface area contributed by atoms with Gasteiger partial charge in [0.25, 0.3) is 5.56 Å². The third-order valence-electron chi connectivity index (χ3n) is 6.86. The lowest BCUT2D eigenvalue weighted by Crippen LogP contribution is -2.47. The van der Waals surface area contributed by atoms with Crippen LogP contribution < -0.4 is 19.8 Å². The fourth-order valence-corrected chi connectivity index (χ4v) is 4.82. The van der Waals surface area contributed by atoms with Crippen LogP contribution in [-0.4, -0.2) is 82.1 Å². The zero-order valence-electron chi connectivity index (χ0n) is 20.2. The minimum atomic E-state index is -0.412. The molecule has 0 unspecified atom stereocenters. The Morgan fingerprint density at radius 3 is 2.56 bits per heavy atom. The molecule has 2 aliphatic heterocycles. The molecule has 4 heterocycles. The molecule has 0 amide bonds. The fourth-order valence-electron chi connectivity index (χ4n) is 4.82. The van der Waals surface area contributed by atoms with Crippen LogP contribution >= 0.6 is 0 Å². The van der Waals surface area contributed by atoms with Gasteiger partial charge in [0.15, 0.2) is 17.3 Å². The maximum atomic E-state index is 13.5. The van der Waals surface area contributed by atoms with E-state index in [0.29, 0.717) is 34.9 Å². The number of piperazine rings is 1. The van der Waals surface area contributed by atoms with Crippen molar-refractivity contribution < 1.29 is 14.2 Å². The Kier molecular flexibility index (Phi) is 5.78. The average Bonchev–Trinajstić information content (AvgIpc) is 3.54. The number of nitrogens with zero attached hydrogens (tertiary/aromatic N) is 6. The first kappa shape index (κ1) is 22.5. The molecular formula is C25H27N7O4. The maximum absolute atomic E-state index is 13.5. The second-order valence-electron chi connectivity index (χ2n) is 9.13. The summed E-state index contributed by atoms with van der Waals surface area (Å²) in [6.07, 6.45) is 0. The summed E-state index contributed by atoms with van der Waals surface area (Å²) in [4.78, 5) is 21.1. The Balaban J connectivity index is 1.43. The van der Waals surface area contributed by atoms with Crippen LogP contribution in [0.25, 0.3) is 10.9 Å². The summed E-state index contributed by atoms with van der Waals surface area (Å²) in [6.45, 7) is 4.00. The van der Waals surface area contributed by atoms with E-state index in [4.69, 9.17) is 14.2 Å². The Morgan fingerprint density at radius 2 is 1.81 bits per heavy atom. The molecule has 1 N–H and O–H groups in total. The molecule has 186 valence electrons. The van der Waals surface area contributed by atoms with E-state index in [1.54, 1.807) is 17.9 Å². The Morgan fingerprint density at radius 1 is 1.06 bits per heavy atom. The van der Waals surface area contributed by atoms with Crippen LogP contribution in [0.2, 0.25) is 0 Å². The first-order valence-corrected chi connectivity index (χ1v) is 11.9. The topological polar surface area (TPSA) is 111 Å². The fraction of sp³-hybridized carbons (Fsp3) is 0.360. The van der Waals surface area contributed by atoms with Gasteiger partial charge in [0.1, 0.15) is 11.8 Å². The first-order valence-electron chi connectivity index (χ1n) is 11.9. The zero-order chi connectivity index (χ0) is 24.6. The van der Waals surface area contributed by atoms with Crippen LogP contribution in [0.15, 0.2) is 47.3 Å². The second-order valence-corrected chi connectivity index (χ2v) is 9.13. The first-order chi connectivity index (χ1) is 17.6. The van der Waals surface area contributed by atoms with Gasteiger partial charge in [0, 0.05) is 43.2 Å². The molecular weight excluding hydrogens is 462 g/mol. The molecule has 0 bridgehead atoms. The zero-order valence-corrected chi connectivity index (χ0v) is 20.2. The molecule has 2 aromatic carbocycles. The summed E-state index contributed by atoms with van der Waals surface area (Å²) in [7, 11) is 3.75. The Hall–Kier alpha value is -3.96. The van der Waals surface area contributed by atoms with Gasteiger partial charge in [0.05, 0.1) is 19.2 Å². The summed E-state index contributed by atoms with van der Waals surface area (Å²) in [5, 5.41) is 13.6. The number of ether oxygens (including phenoxy) is 3. The van der Waals surface area contributed by atoms with Crippen molar-refractivity contribution in [1.82, 2.24) is 35.0 Å². The average molecular weight is 490 g/mol. The molecule has 6 rings (SSSR count). The monoisotopic (exact) mass is 489 g/mol. The Bertz CT molecular complexity index is 1440. The lowest BCUT2D eigenvalue weighted by atomic mass is 10.0. The SMILES string of the molecule is COc1ccc(Cn2nnnc2[C@@H](c2cc3cc4c(cc3[nH]c2=O)OCO4)N2CCN(C)CC2)cc1. The van der Waals surface area contributed by atoms with E-state index in [9.17, 15) is 4.79 Å². The highest BCUT2D eigenvalue weighted by molar-refractivity contribution is 5.83. The number of fused-ring (bicyclic) bond motifs is 2. The minimum absolute atomic E-state index is 0.173. The van der Waals surface area contributed by atoms with Crippen molar-refractivity contribution in [3.8, 4) is 17.2 Å². The molecule has 4 aromatic rings. The van der Waals surface area contributed by atoms with Crippen LogP contribution in [0.4, 0.5) is 0 Å². The molecule has 0 radical (unpaired) electrons. The van der Waals surface area contributed by atoms with Crippen molar-refractivity contribution in [3.05, 3.63) is 69.8 Å². The van der Waals surface area contributed by atoms with E-state index in [1.165, 1.54) is 0 Å². The van der Waals surface area contributed by atoms with Gasteiger partial charge in [-0.1, -0.05) is 12.1 Å². The lowest BCUT2D eigenvalue weighted by molar-refractivity contribution is 0.121. The molecule has 2 aliphatic rings. The number of methoxy groups -OCH3 is 1. The number of aromatic nitrogens is 5. The number of benzene rings is 2. The van der Waals surface area contributed by atoms with Crippen LogP contribution in [0.1, 0.15) is 23.0 Å². The van der Waals surface area contributed by atoms with Crippen LogP contribution in [0, 0.1) is 0 Å². The van der Waals surface area contributed by atoms with E-state index >= 15 is 0 Å². The van der Waals surface area contributed by atoms with Crippen molar-refractivity contribution in [1.29, 1.82) is 0 Å². The van der Waals surface area contributed by atoms with Crippen molar-refractivity contribution in [2.24, 2.45) is 0 Å². The maximum Gasteiger partial charge on any atom is 0.253 e. The van der Waals surface area contributed by atoms with Gasteiger partial charge in [-0.3, -0.25) is 9.69 Å². The molecule has 11 nitrogen and oxygen atoms in total. The highest BCUT2D eigenvalue weighted by Gasteiger charge is 2.32. The highest BCUT2D eigenvalue weighted by Crippen LogP contribution is 2.36. The number of hydrogen-bond acceptors (Lipinski definition) is 9. The van der Waals surface area contributed by atoms with Gasteiger partial charge in [-0.2, -0.15) is 0 Å². The van der Waals surface area contributed by atoms with Gasteiger partial charge in [-0.05, 0) is 47.3 Å². The Labute approximate surface area is 207 Å². The molecule has 11 heteroatoms. The lowest BCUT2D eigenvalue weighted by Gasteiger charge is -2.37. The van der Waals surface area contributed by atoms with Crippen molar-refractivity contribution in [3.63, 3.8) is 0 Å². The molecule has 1 saturated heterocycles. The van der Waals surface area contributed by atoms with Gasteiger partial charge in [-0.15, -0.1) is 5.10 Å². The third kappa shape index (κ3) is 4.16. The van der Waals surface area contributed by atoms with E-state index in [0.717, 1.165) is 42.9 Å². The van der Waals surface area contributed by atoms with Gasteiger partial charge >= 0.3 is 0 Å². The largest absolute Gasteiger partial charge is 0.497 e. The van der Waals surface area contributed by atoms with E-state index in [1.807, 2.05) is 36.4 Å². The molecule has 0 saturated carbocycles. The molecule has 1 atom stereocenters. The number of rotatable bonds is 6. The highest BCUT2D eigenvalue weighted by atomic mass is 16.7. The summed E-state index contributed by atoms with van der Waals surface area (Å²) < 4.78 is 18.1. The van der Waals surface area contributed by atoms with Crippen molar-refractivity contribution >= 4 is 10.9 Å². The van der Waals surface area contributed by atoms with Gasteiger partial charge in [0.2, 0.25) is 6.79 Å². The minimum Gasteiger partial charge on any atom is -0.497 e. The van der Waals surface area contributed by atoms with Crippen molar-refractivity contribution in [2.45, 2.75) is 12.6 Å². The molecule has 0 aliphatic carbocycles. The second kappa shape index (κ2) is 9.25. The summed E-state index contributed by atoms with van der Waals surface area (Å²) in [5.74, 6) is 2.71. The van der Waals surface area contributed by atoms with E-state index < -0.39 is 6.04 Å². The number of tetrazole rings is 1. The normalized spacial score (nSPS) is 16.9. The summed E-state index contributed by atoms with van der Waals surface area (Å²) in [6, 6.07) is 13.0. The van der Waals surface area contributed by atoms with E-state index in [-0.39, 0.29) is 12.4 Å². The summed E-state index contributed by atoms with van der Waals surface area (Å²) in [5.41, 5.74) is 2.14. The van der Waals surface area contributed by atoms with Gasteiger partial charge < -0.3 is 24.1 Å². The van der Waals surface area contributed by atoms with Crippen LogP contribution in [0.5, 0.6) is 17.2 Å². The van der Waals surface area contributed by atoms with Crippen LogP contribution in [0.3, 0.4) is 0 Å². The predicted octanol–water partition coefficient (Wildman–Crippen LogP) is 1.64. The summed E-state index contributed by atoms with van der Waals surface area (Å²) >= 11 is 0. The molecule has 1 fully saturated rings. The van der Waals surface area contributed by atoms with Gasteiger partial charge in [-0.25, -0.2) is 4.68 Å². The number of likely N-dealkylation sites (N-methyl/N-ethyl adjacent to an activating group) is 1. The number of nitrogens with one attached hydrogen (secondary N) is 1. The molecule has 0 spiro atoms. The number of aromatic amines is 1. The number of hydrogen-bond donors (Lipinski definition) is 1. The van der Waals surface area contributed by atoms with Crippen LogP contribution in [-0.2, 0) is 6.54 Å². The molecule has 2 aromatic heterocycles. The number of H-pyrrole nitrogens is 1. The predicted molar refractivity (Wildman–Crippen MR) is 132 cm³/mol. The van der Waals surface area contributed by atoms with E-state index in [2.05, 4.69) is 37.4 Å². The molecule has 36 heavy (non-hydrogen) atoms. The number of pyridine rings is 1. The smallest absolute Gasteiger partial charge is 0.253 e.